The number of hydrogen-bond acceptors (Lipinski definition) is 8. The van der Waals surface area contributed by atoms with Gasteiger partial charge in [-0.3, -0.25) is 4.79 Å². The highest BCUT2D eigenvalue weighted by Crippen LogP contribution is 2.23. The van der Waals surface area contributed by atoms with Gasteiger partial charge in [-0.1, -0.05) is 276 Å². The van der Waals surface area contributed by atoms with Crippen LogP contribution in [0.5, 0.6) is 0 Å². The molecule has 0 saturated carbocycles. The monoisotopic (exact) mass is 992 g/mol. The number of aliphatic hydroxyl groups is 5. The minimum absolute atomic E-state index is 0.172. The van der Waals surface area contributed by atoms with Gasteiger partial charge in [0.05, 0.1) is 25.4 Å². The van der Waals surface area contributed by atoms with Crippen LogP contribution in [0.2, 0.25) is 0 Å². The molecule has 7 unspecified atom stereocenters. The number of aliphatic hydroxyl groups excluding tert-OH is 5. The Balaban J connectivity index is 2.20. The Morgan fingerprint density at radius 3 is 1.16 bits per heavy atom. The van der Waals surface area contributed by atoms with E-state index in [1.807, 2.05) is 6.08 Å². The van der Waals surface area contributed by atoms with Crippen LogP contribution in [-0.4, -0.2) is 87.5 Å². The number of hydrogen-bond donors (Lipinski definition) is 6. The maximum atomic E-state index is 13.1. The number of allylic oxidation sites excluding steroid dienone is 3. The van der Waals surface area contributed by atoms with Gasteiger partial charge in [0.15, 0.2) is 6.29 Å². The van der Waals surface area contributed by atoms with Crippen LogP contribution >= 0.6 is 0 Å². The lowest BCUT2D eigenvalue weighted by Crippen LogP contribution is -2.60. The lowest BCUT2D eigenvalue weighted by atomic mass is 9.99. The average Bonchev–Trinajstić information content (AvgIpc) is 3.36. The van der Waals surface area contributed by atoms with Gasteiger partial charge in [0, 0.05) is 6.42 Å². The number of rotatable bonds is 53. The first kappa shape index (κ1) is 66.7. The Bertz CT molecular complexity index is 1150. The van der Waals surface area contributed by atoms with Crippen molar-refractivity contribution in [2.75, 3.05) is 13.2 Å². The summed E-state index contributed by atoms with van der Waals surface area (Å²) >= 11 is 0. The van der Waals surface area contributed by atoms with Gasteiger partial charge in [0.2, 0.25) is 5.91 Å². The quantitative estimate of drug-likeness (QED) is 0.0261. The summed E-state index contributed by atoms with van der Waals surface area (Å²) in [6, 6.07) is -0.803. The molecule has 6 N–H and O–H groups in total. The molecule has 1 aliphatic heterocycles. The summed E-state index contributed by atoms with van der Waals surface area (Å²) in [4.78, 5) is 13.1. The molecule has 1 saturated heterocycles. The lowest BCUT2D eigenvalue weighted by molar-refractivity contribution is -0.302. The average molecular weight is 993 g/mol. The van der Waals surface area contributed by atoms with Crippen LogP contribution in [0.25, 0.3) is 0 Å². The second kappa shape index (κ2) is 51.2. The number of carbonyl (C=O) groups is 1. The Morgan fingerprint density at radius 2 is 0.800 bits per heavy atom. The van der Waals surface area contributed by atoms with E-state index in [1.54, 1.807) is 6.08 Å². The summed E-state index contributed by atoms with van der Waals surface area (Å²) in [5.74, 6) is -0.172. The molecule has 0 aromatic rings. The molecule has 7 atom stereocenters. The van der Waals surface area contributed by atoms with Crippen molar-refractivity contribution in [1.29, 1.82) is 0 Å². The van der Waals surface area contributed by atoms with Gasteiger partial charge in [-0.05, 0) is 44.9 Å². The molecular weight excluding hydrogens is 875 g/mol. The molecule has 0 aliphatic carbocycles. The van der Waals surface area contributed by atoms with Gasteiger partial charge in [-0.15, -0.1) is 0 Å². The minimum Gasteiger partial charge on any atom is -0.394 e. The van der Waals surface area contributed by atoms with Crippen molar-refractivity contribution < 1.29 is 39.8 Å². The smallest absolute Gasteiger partial charge is 0.220 e. The Hall–Kier alpha value is -1.33. The zero-order valence-electron chi connectivity index (χ0n) is 46.0. The molecule has 1 fully saturated rings. The Kier molecular flexibility index (Phi) is 48.7. The van der Waals surface area contributed by atoms with E-state index in [2.05, 4.69) is 31.3 Å². The Morgan fingerprint density at radius 1 is 0.471 bits per heavy atom. The fourth-order valence-corrected chi connectivity index (χ4v) is 9.92. The van der Waals surface area contributed by atoms with E-state index in [4.69, 9.17) is 9.47 Å². The summed E-state index contributed by atoms with van der Waals surface area (Å²) < 4.78 is 11.3. The van der Waals surface area contributed by atoms with Crippen LogP contribution in [0.3, 0.4) is 0 Å². The van der Waals surface area contributed by atoms with E-state index in [0.29, 0.717) is 6.42 Å². The second-order valence-electron chi connectivity index (χ2n) is 21.5. The molecule has 9 heteroatoms. The maximum absolute atomic E-state index is 13.1. The highest BCUT2D eigenvalue weighted by molar-refractivity contribution is 5.76. The number of amides is 1. The first-order valence-electron chi connectivity index (χ1n) is 30.6. The van der Waals surface area contributed by atoms with Gasteiger partial charge < -0.3 is 40.3 Å². The van der Waals surface area contributed by atoms with Crippen molar-refractivity contribution in [2.45, 2.75) is 346 Å². The van der Waals surface area contributed by atoms with Crippen molar-refractivity contribution >= 4 is 5.91 Å². The molecule has 70 heavy (non-hydrogen) atoms. The molecule has 0 aromatic heterocycles. The normalized spacial score (nSPS) is 19.4. The minimum atomic E-state index is -1.57. The topological polar surface area (TPSA) is 149 Å². The molecule has 414 valence electrons. The molecule has 0 spiro atoms. The summed E-state index contributed by atoms with van der Waals surface area (Å²) in [6.45, 7) is 3.82. The largest absolute Gasteiger partial charge is 0.394 e. The van der Waals surface area contributed by atoms with E-state index in [-0.39, 0.29) is 12.5 Å². The van der Waals surface area contributed by atoms with Gasteiger partial charge >= 0.3 is 0 Å². The first-order valence-corrected chi connectivity index (χ1v) is 30.6. The zero-order valence-corrected chi connectivity index (χ0v) is 46.0. The van der Waals surface area contributed by atoms with E-state index in [1.165, 1.54) is 244 Å². The van der Waals surface area contributed by atoms with Gasteiger partial charge in [0.1, 0.15) is 24.4 Å². The number of carbonyl (C=O) groups excluding carboxylic acids is 1. The molecule has 0 radical (unpaired) electrons. The van der Waals surface area contributed by atoms with Crippen LogP contribution in [0, 0.1) is 0 Å². The highest BCUT2D eigenvalue weighted by Gasteiger charge is 2.44. The SMILES string of the molecule is CCCCCCCCCC/C=C\CCCCCCCCCCCCCCCC(=O)NC(COC1OC(CO)C(O)C(O)C1O)C(O)/C=C/CCCCCCCCCCCCCCCCCCCCCC. The van der Waals surface area contributed by atoms with Crippen LogP contribution < -0.4 is 5.32 Å². The molecule has 9 nitrogen and oxygen atoms in total. The second-order valence-corrected chi connectivity index (χ2v) is 21.5. The van der Waals surface area contributed by atoms with Crippen LogP contribution in [0.1, 0.15) is 303 Å². The maximum Gasteiger partial charge on any atom is 0.220 e. The third kappa shape index (κ3) is 40.1. The molecule has 1 aliphatic rings. The summed E-state index contributed by atoms with van der Waals surface area (Å²) in [7, 11) is 0. The summed E-state index contributed by atoms with van der Waals surface area (Å²) in [5.41, 5.74) is 0. The van der Waals surface area contributed by atoms with Gasteiger partial charge in [-0.25, -0.2) is 0 Å². The van der Waals surface area contributed by atoms with Crippen LogP contribution in [0.4, 0.5) is 0 Å². The zero-order chi connectivity index (χ0) is 50.8. The van der Waals surface area contributed by atoms with Crippen molar-refractivity contribution in [3.05, 3.63) is 24.3 Å². The molecule has 1 amide bonds. The fourth-order valence-electron chi connectivity index (χ4n) is 9.92. The number of ether oxygens (including phenoxy) is 2. The summed E-state index contributed by atoms with van der Waals surface area (Å²) in [6.07, 6.45) is 58.2. The molecule has 1 heterocycles. The first-order chi connectivity index (χ1) is 34.3. The number of nitrogens with one attached hydrogen (secondary N) is 1. The molecule has 0 bridgehead atoms. The number of unbranched alkanes of at least 4 members (excludes halogenated alkanes) is 41. The predicted molar refractivity (Wildman–Crippen MR) is 295 cm³/mol. The molecule has 0 aromatic carbocycles. The third-order valence-electron chi connectivity index (χ3n) is 14.8. The fraction of sp³-hybridized carbons (Fsp3) is 0.918. The Labute approximate surface area is 432 Å². The van der Waals surface area contributed by atoms with E-state index in [9.17, 15) is 30.3 Å². The van der Waals surface area contributed by atoms with Crippen molar-refractivity contribution in [3.8, 4) is 0 Å². The van der Waals surface area contributed by atoms with Crippen molar-refractivity contribution in [3.63, 3.8) is 0 Å². The van der Waals surface area contributed by atoms with Crippen LogP contribution in [-0.2, 0) is 14.3 Å². The van der Waals surface area contributed by atoms with Crippen LogP contribution in [0.15, 0.2) is 24.3 Å². The summed E-state index contributed by atoms with van der Waals surface area (Å²) in [5, 5.41) is 54.6. The van der Waals surface area contributed by atoms with E-state index < -0.39 is 49.5 Å². The molecule has 1 rings (SSSR count). The standard InChI is InChI=1S/C61H117NO8/c1-3-5-7-9-11-13-15-17-19-21-23-25-27-28-29-31-33-35-37-39-41-43-45-47-49-51-57(65)62-54(53-69-61-60(68)59(67)58(66)56(52-63)70-61)55(64)50-48-46-44-42-40-38-36-34-32-30-26-24-22-20-18-16-14-12-10-8-6-4-2/h21,23,48,50,54-56,58-61,63-64,66-68H,3-20,22,24-47,49,51-53H2,1-2H3,(H,62,65)/b23-21-,50-48+. The molecular formula is C61H117NO8. The van der Waals surface area contributed by atoms with Crippen molar-refractivity contribution in [2.24, 2.45) is 0 Å². The van der Waals surface area contributed by atoms with Gasteiger partial charge in [-0.2, -0.15) is 0 Å². The van der Waals surface area contributed by atoms with E-state index >= 15 is 0 Å². The van der Waals surface area contributed by atoms with Gasteiger partial charge in [0.25, 0.3) is 0 Å². The van der Waals surface area contributed by atoms with Crippen molar-refractivity contribution in [1.82, 2.24) is 5.32 Å². The third-order valence-corrected chi connectivity index (χ3v) is 14.8. The lowest BCUT2D eigenvalue weighted by Gasteiger charge is -2.40. The highest BCUT2D eigenvalue weighted by atomic mass is 16.7. The predicted octanol–water partition coefficient (Wildman–Crippen LogP) is 15.4. The van der Waals surface area contributed by atoms with E-state index in [0.717, 1.165) is 38.5 Å².